The van der Waals surface area contributed by atoms with Gasteiger partial charge in [0.1, 0.15) is 5.44 Å². The van der Waals surface area contributed by atoms with Crippen LogP contribution in [-0.4, -0.2) is 30.8 Å². The molecule has 1 heterocycles. The molecule has 66 valence electrons. The Labute approximate surface area is 66.2 Å². The van der Waals surface area contributed by atoms with Crippen LogP contribution in [0, 0.1) is 0 Å². The summed E-state index contributed by atoms with van der Waals surface area (Å²) in [7, 11) is -4.42. The largest absolute Gasteiger partial charge is 0.475 e. The Morgan fingerprint density at radius 3 is 2.42 bits per heavy atom. The molecule has 1 rings (SSSR count). The van der Waals surface area contributed by atoms with Crippen molar-refractivity contribution in [2.75, 3.05) is 0 Å². The summed E-state index contributed by atoms with van der Waals surface area (Å²) < 4.78 is 10.5. The van der Waals surface area contributed by atoms with Gasteiger partial charge >= 0.3 is 13.6 Å². The van der Waals surface area contributed by atoms with Crippen LogP contribution in [-0.2, 0) is 4.57 Å². The van der Waals surface area contributed by atoms with Gasteiger partial charge in [0, 0.05) is 0 Å². The van der Waals surface area contributed by atoms with Crippen LogP contribution in [0.1, 0.15) is 10.6 Å². The lowest BCUT2D eigenvalue weighted by Gasteiger charge is -1.96. The molecule has 0 unspecified atom stereocenters. The fourth-order valence-corrected chi connectivity index (χ4v) is 1.03. The molecule has 4 N–H and O–H groups in total. The number of carboxylic acids is 1. The van der Waals surface area contributed by atoms with Gasteiger partial charge in [0.05, 0.1) is 6.20 Å². The predicted molar refractivity (Wildman–Crippen MR) is 37.2 cm³/mol. The number of hydrogen-bond acceptors (Lipinski definition) is 3. The van der Waals surface area contributed by atoms with Crippen molar-refractivity contribution in [3.8, 4) is 0 Å². The van der Waals surface area contributed by atoms with Crippen molar-refractivity contribution in [3.05, 3.63) is 12.0 Å². The second-order valence-electron chi connectivity index (χ2n) is 1.97. The van der Waals surface area contributed by atoms with E-state index in [1.165, 1.54) is 0 Å². The third-order valence-electron chi connectivity index (χ3n) is 1.08. The Balaban J connectivity index is 3.08. The zero-order valence-electron chi connectivity index (χ0n) is 5.63. The van der Waals surface area contributed by atoms with Crippen molar-refractivity contribution < 1.29 is 24.3 Å². The molecule has 0 aliphatic rings. The van der Waals surface area contributed by atoms with E-state index in [0.29, 0.717) is 0 Å². The topological polar surface area (TPSA) is 124 Å². The quantitative estimate of drug-likeness (QED) is 0.441. The zero-order chi connectivity index (χ0) is 9.35. The maximum atomic E-state index is 10.5. The summed E-state index contributed by atoms with van der Waals surface area (Å²) in [4.78, 5) is 32.5. The number of nitrogens with zero attached hydrogens (tertiary/aromatic N) is 1. The van der Waals surface area contributed by atoms with Gasteiger partial charge in [0.2, 0.25) is 5.82 Å². The Hall–Kier alpha value is -1.17. The van der Waals surface area contributed by atoms with Crippen molar-refractivity contribution in [1.82, 2.24) is 9.97 Å². The average molecular weight is 192 g/mol. The van der Waals surface area contributed by atoms with Gasteiger partial charge in [-0.05, 0) is 0 Å². The Kier molecular flexibility index (Phi) is 2.01. The van der Waals surface area contributed by atoms with E-state index < -0.39 is 24.8 Å². The maximum absolute atomic E-state index is 10.5. The van der Waals surface area contributed by atoms with E-state index >= 15 is 0 Å². The number of nitrogens with one attached hydrogen (secondary N) is 1. The standard InChI is InChI=1S/C4H5N2O5P/c7-4(8)3-5-1-2(6-3)12(9,10)11/h1H,(H,5,6)(H,7,8)(H2,9,10,11). The Bertz CT molecular complexity index is 352. The highest BCUT2D eigenvalue weighted by atomic mass is 31.2. The number of hydrogen-bond donors (Lipinski definition) is 4. The molecule has 8 heteroatoms. The van der Waals surface area contributed by atoms with E-state index in [1.807, 2.05) is 4.98 Å². The number of aromatic carboxylic acids is 1. The number of carbonyl (C=O) groups is 1. The lowest BCUT2D eigenvalue weighted by Crippen LogP contribution is -2.06. The van der Waals surface area contributed by atoms with Gasteiger partial charge in [-0.15, -0.1) is 0 Å². The molecule has 0 aliphatic heterocycles. The van der Waals surface area contributed by atoms with Crippen LogP contribution < -0.4 is 5.44 Å². The number of aromatic amines is 1. The van der Waals surface area contributed by atoms with Crippen molar-refractivity contribution >= 4 is 19.0 Å². The molecule has 0 fully saturated rings. The van der Waals surface area contributed by atoms with E-state index in [1.54, 1.807) is 0 Å². The molecule has 0 saturated carbocycles. The molecule has 0 saturated heterocycles. The summed E-state index contributed by atoms with van der Waals surface area (Å²) in [6.45, 7) is 0. The van der Waals surface area contributed by atoms with Crippen LogP contribution in [0.5, 0.6) is 0 Å². The highest BCUT2D eigenvalue weighted by molar-refractivity contribution is 7.60. The van der Waals surface area contributed by atoms with Crippen molar-refractivity contribution in [3.63, 3.8) is 0 Å². The van der Waals surface area contributed by atoms with E-state index in [9.17, 15) is 9.36 Å². The zero-order valence-corrected chi connectivity index (χ0v) is 6.52. The number of imidazole rings is 1. The van der Waals surface area contributed by atoms with Gasteiger partial charge in [0.15, 0.2) is 0 Å². The molecule has 1 aromatic rings. The maximum Gasteiger partial charge on any atom is 0.373 e. The average Bonchev–Trinajstić information content (AvgIpc) is 2.30. The minimum absolute atomic E-state index is 0.492. The summed E-state index contributed by atoms with van der Waals surface area (Å²) in [6.07, 6.45) is 0.796. The molecule has 0 amide bonds. The molecule has 7 nitrogen and oxygen atoms in total. The van der Waals surface area contributed by atoms with Gasteiger partial charge in [0.25, 0.3) is 0 Å². The van der Waals surface area contributed by atoms with Crippen LogP contribution >= 0.6 is 7.60 Å². The van der Waals surface area contributed by atoms with E-state index in [-0.39, 0.29) is 0 Å². The van der Waals surface area contributed by atoms with Crippen molar-refractivity contribution in [2.45, 2.75) is 0 Å². The number of aromatic nitrogens is 2. The molecule has 0 radical (unpaired) electrons. The minimum Gasteiger partial charge on any atom is -0.475 e. The lowest BCUT2D eigenvalue weighted by atomic mass is 10.6. The molecule has 0 aliphatic carbocycles. The lowest BCUT2D eigenvalue weighted by molar-refractivity contribution is 0.0685. The first kappa shape index (κ1) is 8.92. The summed E-state index contributed by atoms with van der Waals surface area (Å²) in [5.74, 6) is -1.86. The molecule has 12 heavy (non-hydrogen) atoms. The van der Waals surface area contributed by atoms with Gasteiger partial charge in [-0.2, -0.15) is 0 Å². The number of rotatable bonds is 2. The first-order chi connectivity index (χ1) is 5.41. The van der Waals surface area contributed by atoms with Crippen LogP contribution in [0.25, 0.3) is 0 Å². The van der Waals surface area contributed by atoms with E-state index in [4.69, 9.17) is 14.9 Å². The second-order valence-corrected chi connectivity index (χ2v) is 3.54. The van der Waals surface area contributed by atoms with Gasteiger partial charge in [-0.25, -0.2) is 9.78 Å². The first-order valence-corrected chi connectivity index (χ1v) is 4.37. The van der Waals surface area contributed by atoms with Crippen LogP contribution in [0.15, 0.2) is 6.20 Å². The van der Waals surface area contributed by atoms with Crippen molar-refractivity contribution in [2.24, 2.45) is 0 Å². The summed E-state index contributed by atoms with van der Waals surface area (Å²) in [5, 5.41) is 8.32. The highest BCUT2D eigenvalue weighted by Crippen LogP contribution is 2.31. The normalized spacial score (nSPS) is 11.5. The molecule has 0 spiro atoms. The van der Waals surface area contributed by atoms with E-state index in [0.717, 1.165) is 6.20 Å². The van der Waals surface area contributed by atoms with Crippen molar-refractivity contribution in [1.29, 1.82) is 0 Å². The van der Waals surface area contributed by atoms with Gasteiger partial charge in [-0.1, -0.05) is 0 Å². The molecular formula is C4H5N2O5P. The van der Waals surface area contributed by atoms with Crippen LogP contribution in [0.2, 0.25) is 0 Å². The Morgan fingerprint density at radius 2 is 2.17 bits per heavy atom. The SMILES string of the molecule is O=C(O)c1ncc(P(=O)(O)O)[nH]1. The first-order valence-electron chi connectivity index (χ1n) is 2.75. The third-order valence-corrected chi connectivity index (χ3v) is 1.93. The highest BCUT2D eigenvalue weighted by Gasteiger charge is 2.21. The number of H-pyrrole nitrogens is 1. The summed E-state index contributed by atoms with van der Waals surface area (Å²) >= 11 is 0. The van der Waals surface area contributed by atoms with Crippen LogP contribution in [0.4, 0.5) is 0 Å². The minimum atomic E-state index is -4.42. The van der Waals surface area contributed by atoms with Gasteiger partial charge < -0.3 is 19.9 Å². The fraction of sp³-hybridized carbons (Fsp3) is 0. The second kappa shape index (κ2) is 2.71. The summed E-state index contributed by atoms with van der Waals surface area (Å²) in [5.41, 5.74) is -0.500. The third kappa shape index (κ3) is 1.70. The molecule has 0 aromatic carbocycles. The molecule has 0 atom stereocenters. The number of carboxylic acid groups (broad SMARTS) is 1. The molecule has 0 bridgehead atoms. The van der Waals surface area contributed by atoms with E-state index in [2.05, 4.69) is 4.98 Å². The predicted octanol–water partition coefficient (Wildman–Crippen LogP) is -1.09. The monoisotopic (exact) mass is 192 g/mol. The summed E-state index contributed by atoms with van der Waals surface area (Å²) in [6, 6.07) is 0. The van der Waals surface area contributed by atoms with Gasteiger partial charge in [-0.3, -0.25) is 4.57 Å². The van der Waals surface area contributed by atoms with Crippen LogP contribution in [0.3, 0.4) is 0 Å². The molecule has 1 aromatic heterocycles. The fourth-order valence-electron chi connectivity index (χ4n) is 0.568. The smallest absolute Gasteiger partial charge is 0.373 e. The Morgan fingerprint density at radius 1 is 1.58 bits per heavy atom. The molecular weight excluding hydrogens is 187 g/mol.